The molecule has 0 saturated carbocycles. The normalized spacial score (nSPS) is 15.1. The summed E-state index contributed by atoms with van der Waals surface area (Å²) < 4.78 is 45.9. The van der Waals surface area contributed by atoms with Crippen LogP contribution in [0.1, 0.15) is 6.42 Å². The van der Waals surface area contributed by atoms with E-state index in [-0.39, 0.29) is 5.75 Å². The number of aromatic nitrogens is 2. The highest BCUT2D eigenvalue weighted by Crippen LogP contribution is 2.28. The lowest BCUT2D eigenvalue weighted by atomic mass is 10.3. The van der Waals surface area contributed by atoms with Gasteiger partial charge in [-0.25, -0.2) is 9.97 Å². The van der Waals surface area contributed by atoms with Gasteiger partial charge in [0.25, 0.3) is 0 Å². The van der Waals surface area contributed by atoms with Crippen molar-refractivity contribution in [1.82, 2.24) is 14.9 Å². The van der Waals surface area contributed by atoms with Crippen molar-refractivity contribution in [3.63, 3.8) is 0 Å². The lowest BCUT2D eigenvalue weighted by molar-refractivity contribution is -0.274. The maximum absolute atomic E-state index is 12.2. The van der Waals surface area contributed by atoms with Crippen LogP contribution in [0, 0.1) is 0 Å². The standard InChI is InChI=1S/C18H23F3N6O2/c19-18(20,21)29-14-4-2-13(3-5-14)26-17-15(22)16(24-12-25-17)23-6-1-7-27-8-10-28-11-9-27/h2-5,12H,1,6-11,22H2,(H2,23,24,25,26). The van der Waals surface area contributed by atoms with E-state index in [4.69, 9.17) is 10.5 Å². The predicted octanol–water partition coefficient (Wildman–Crippen LogP) is 2.84. The van der Waals surface area contributed by atoms with E-state index in [0.29, 0.717) is 29.6 Å². The second kappa shape index (κ2) is 9.61. The summed E-state index contributed by atoms with van der Waals surface area (Å²) in [5.41, 5.74) is 6.96. The van der Waals surface area contributed by atoms with Crippen LogP contribution in [-0.4, -0.2) is 60.6 Å². The van der Waals surface area contributed by atoms with Gasteiger partial charge in [0, 0.05) is 25.3 Å². The zero-order valence-electron chi connectivity index (χ0n) is 15.7. The van der Waals surface area contributed by atoms with Crippen molar-refractivity contribution in [2.75, 3.05) is 55.8 Å². The van der Waals surface area contributed by atoms with Gasteiger partial charge in [-0.15, -0.1) is 13.2 Å². The molecule has 3 rings (SSSR count). The third kappa shape index (κ3) is 6.64. The van der Waals surface area contributed by atoms with Crippen molar-refractivity contribution in [2.45, 2.75) is 12.8 Å². The van der Waals surface area contributed by atoms with Gasteiger partial charge in [-0.05, 0) is 37.2 Å². The van der Waals surface area contributed by atoms with Crippen molar-refractivity contribution in [2.24, 2.45) is 0 Å². The minimum absolute atomic E-state index is 0.304. The summed E-state index contributed by atoms with van der Waals surface area (Å²) in [7, 11) is 0. The van der Waals surface area contributed by atoms with Gasteiger partial charge in [-0.1, -0.05) is 0 Å². The zero-order chi connectivity index (χ0) is 20.7. The summed E-state index contributed by atoms with van der Waals surface area (Å²) in [5, 5.41) is 6.16. The van der Waals surface area contributed by atoms with Crippen LogP contribution >= 0.6 is 0 Å². The predicted molar refractivity (Wildman–Crippen MR) is 103 cm³/mol. The lowest BCUT2D eigenvalue weighted by Crippen LogP contribution is -2.37. The first-order valence-electron chi connectivity index (χ1n) is 9.18. The molecule has 1 aliphatic heterocycles. The van der Waals surface area contributed by atoms with Gasteiger partial charge in [0.1, 0.15) is 17.8 Å². The molecule has 158 valence electrons. The number of hydrogen-bond acceptors (Lipinski definition) is 8. The monoisotopic (exact) mass is 412 g/mol. The first kappa shape index (κ1) is 20.9. The molecule has 0 amide bonds. The fourth-order valence-corrected chi connectivity index (χ4v) is 2.85. The maximum atomic E-state index is 12.2. The molecule has 29 heavy (non-hydrogen) atoms. The molecule has 0 unspecified atom stereocenters. The summed E-state index contributed by atoms with van der Waals surface area (Å²) in [6.07, 6.45) is -2.44. The number of nitrogens with one attached hydrogen (secondary N) is 2. The maximum Gasteiger partial charge on any atom is 0.573 e. The summed E-state index contributed by atoms with van der Waals surface area (Å²) in [6.45, 7) is 5.07. The molecular formula is C18H23F3N6O2. The molecular weight excluding hydrogens is 389 g/mol. The van der Waals surface area contributed by atoms with Crippen molar-refractivity contribution >= 4 is 23.0 Å². The van der Waals surface area contributed by atoms with E-state index < -0.39 is 6.36 Å². The topological polar surface area (TPSA) is 97.6 Å². The molecule has 1 saturated heterocycles. The molecule has 4 N–H and O–H groups in total. The van der Waals surface area contributed by atoms with Crippen LogP contribution in [0.2, 0.25) is 0 Å². The van der Waals surface area contributed by atoms with Crippen LogP contribution in [-0.2, 0) is 4.74 Å². The Labute approximate surface area is 166 Å². The third-order valence-electron chi connectivity index (χ3n) is 4.28. The van der Waals surface area contributed by atoms with E-state index in [1.54, 1.807) is 0 Å². The number of benzene rings is 1. The Hall–Kier alpha value is -2.79. The van der Waals surface area contributed by atoms with Crippen LogP contribution < -0.4 is 21.1 Å². The minimum Gasteiger partial charge on any atom is -0.406 e. The van der Waals surface area contributed by atoms with Crippen molar-refractivity contribution in [3.8, 4) is 5.75 Å². The number of rotatable bonds is 8. The van der Waals surface area contributed by atoms with Crippen LogP contribution in [0.25, 0.3) is 0 Å². The molecule has 1 aromatic heterocycles. The van der Waals surface area contributed by atoms with Gasteiger partial charge in [-0.2, -0.15) is 0 Å². The van der Waals surface area contributed by atoms with Crippen molar-refractivity contribution < 1.29 is 22.6 Å². The highest BCUT2D eigenvalue weighted by Gasteiger charge is 2.30. The van der Waals surface area contributed by atoms with E-state index in [9.17, 15) is 13.2 Å². The highest BCUT2D eigenvalue weighted by atomic mass is 19.4. The van der Waals surface area contributed by atoms with Crippen LogP contribution in [0.4, 0.5) is 36.2 Å². The van der Waals surface area contributed by atoms with Gasteiger partial charge in [-0.3, -0.25) is 4.90 Å². The average molecular weight is 412 g/mol. The fourth-order valence-electron chi connectivity index (χ4n) is 2.85. The molecule has 1 aliphatic rings. The Morgan fingerprint density at radius 2 is 1.79 bits per heavy atom. The largest absolute Gasteiger partial charge is 0.573 e. The average Bonchev–Trinajstić information content (AvgIpc) is 2.69. The highest BCUT2D eigenvalue weighted by molar-refractivity contribution is 5.77. The molecule has 1 fully saturated rings. The second-order valence-corrected chi connectivity index (χ2v) is 6.42. The SMILES string of the molecule is Nc1c(NCCCN2CCOCC2)ncnc1Nc1ccc(OC(F)(F)F)cc1. The Balaban J connectivity index is 1.52. The molecule has 0 radical (unpaired) electrons. The number of halogens is 3. The zero-order valence-corrected chi connectivity index (χ0v) is 15.7. The summed E-state index contributed by atoms with van der Waals surface area (Å²) in [4.78, 5) is 10.6. The van der Waals surface area contributed by atoms with E-state index in [1.165, 1.54) is 30.6 Å². The molecule has 0 bridgehead atoms. The molecule has 0 aliphatic carbocycles. The number of morpholine rings is 1. The molecule has 1 aromatic carbocycles. The quantitative estimate of drug-likeness (QED) is 0.570. The van der Waals surface area contributed by atoms with Crippen LogP contribution in [0.15, 0.2) is 30.6 Å². The van der Waals surface area contributed by atoms with Gasteiger partial charge in [0.15, 0.2) is 11.6 Å². The number of ether oxygens (including phenoxy) is 2. The van der Waals surface area contributed by atoms with Crippen LogP contribution in [0.5, 0.6) is 5.75 Å². The Morgan fingerprint density at radius 3 is 2.48 bits per heavy atom. The van der Waals surface area contributed by atoms with E-state index in [2.05, 4.69) is 30.2 Å². The van der Waals surface area contributed by atoms with Crippen molar-refractivity contribution in [1.29, 1.82) is 0 Å². The fraction of sp³-hybridized carbons (Fsp3) is 0.444. The van der Waals surface area contributed by atoms with E-state index in [0.717, 1.165) is 39.3 Å². The summed E-state index contributed by atoms with van der Waals surface area (Å²) in [5.74, 6) is 0.558. The molecule has 8 nitrogen and oxygen atoms in total. The molecule has 2 heterocycles. The molecule has 2 aromatic rings. The molecule has 0 spiro atoms. The van der Waals surface area contributed by atoms with Gasteiger partial charge < -0.3 is 25.8 Å². The van der Waals surface area contributed by atoms with E-state index >= 15 is 0 Å². The Morgan fingerprint density at radius 1 is 1.10 bits per heavy atom. The Kier molecular flexibility index (Phi) is 6.94. The van der Waals surface area contributed by atoms with Crippen molar-refractivity contribution in [3.05, 3.63) is 30.6 Å². The minimum atomic E-state index is -4.73. The lowest BCUT2D eigenvalue weighted by Gasteiger charge is -2.26. The van der Waals surface area contributed by atoms with E-state index in [1.807, 2.05) is 0 Å². The number of nitrogen functional groups attached to an aromatic ring is 1. The van der Waals surface area contributed by atoms with Gasteiger partial charge >= 0.3 is 6.36 Å². The number of nitrogens with zero attached hydrogens (tertiary/aromatic N) is 3. The van der Waals surface area contributed by atoms with Gasteiger partial charge in [0.05, 0.1) is 13.2 Å². The first-order valence-corrected chi connectivity index (χ1v) is 9.18. The summed E-state index contributed by atoms with van der Waals surface area (Å²) in [6, 6.07) is 5.30. The van der Waals surface area contributed by atoms with Crippen LogP contribution in [0.3, 0.4) is 0 Å². The number of hydrogen-bond donors (Lipinski definition) is 3. The second-order valence-electron chi connectivity index (χ2n) is 6.42. The first-order chi connectivity index (χ1) is 13.9. The Bertz CT molecular complexity index is 782. The third-order valence-corrected chi connectivity index (χ3v) is 4.28. The number of alkyl halides is 3. The number of nitrogens with two attached hydrogens (primary N) is 1. The molecule has 11 heteroatoms. The number of anilines is 4. The smallest absolute Gasteiger partial charge is 0.406 e. The summed E-state index contributed by atoms with van der Waals surface area (Å²) >= 11 is 0. The van der Waals surface area contributed by atoms with Gasteiger partial charge in [0.2, 0.25) is 0 Å². The molecule has 0 atom stereocenters.